The first-order valence-corrected chi connectivity index (χ1v) is 3.51. The Kier molecular flexibility index (Phi) is 3.42. The van der Waals surface area contributed by atoms with Gasteiger partial charge in [-0.25, -0.2) is 4.79 Å². The molecule has 0 bridgehead atoms. The molecule has 0 atom stereocenters. The van der Waals surface area contributed by atoms with Crippen molar-refractivity contribution < 1.29 is 9.90 Å². The highest BCUT2D eigenvalue weighted by Gasteiger charge is 2.33. The maximum Gasteiger partial charge on any atom is 0.355 e. The molecule has 0 saturated heterocycles. The number of carbonyl (C=O) groups is 1. The lowest BCUT2D eigenvalue weighted by Gasteiger charge is -2.18. The molecule has 2 N–H and O–H groups in total. The van der Waals surface area contributed by atoms with E-state index in [4.69, 9.17) is 28.3 Å². The van der Waals surface area contributed by atoms with Crippen LogP contribution in [-0.2, 0) is 4.79 Å². The molecule has 0 amide bonds. The zero-order valence-corrected chi connectivity index (χ0v) is 7.20. The monoisotopic (exact) mass is 185 g/mol. The fourth-order valence-electron chi connectivity index (χ4n) is 0.424. The van der Waals surface area contributed by atoms with Crippen LogP contribution in [0.2, 0.25) is 0 Å². The molecular weight excluding hydrogens is 177 g/mol. The molecule has 0 aromatic rings. The molecule has 0 aromatic heterocycles. The number of hydrogen-bond acceptors (Lipinski definition) is 2. The predicted octanol–water partition coefficient (Wildman–Crippen LogP) is 1.20. The summed E-state index contributed by atoms with van der Waals surface area (Å²) < 4.78 is -1.87. The van der Waals surface area contributed by atoms with E-state index in [0.717, 1.165) is 0 Å². The smallest absolute Gasteiger partial charge is 0.355 e. The van der Waals surface area contributed by atoms with Crippen LogP contribution in [-0.4, -0.2) is 21.6 Å². The van der Waals surface area contributed by atoms with Crippen molar-refractivity contribution in [2.24, 2.45) is 0 Å². The van der Waals surface area contributed by atoms with Gasteiger partial charge in [0.1, 0.15) is 0 Å². The molecule has 5 heteroatoms. The molecule has 60 valence electrons. The Balaban J connectivity index is 4.00. The van der Waals surface area contributed by atoms with Gasteiger partial charge in [0, 0.05) is 6.04 Å². The SMILES string of the molecule is CC(C)NC(Cl)(Cl)C(=O)O. The Hall–Kier alpha value is 0.01000. The van der Waals surface area contributed by atoms with Crippen molar-refractivity contribution in [1.82, 2.24) is 5.32 Å². The molecule has 0 unspecified atom stereocenters. The van der Waals surface area contributed by atoms with Crippen molar-refractivity contribution in [3.8, 4) is 0 Å². The van der Waals surface area contributed by atoms with Crippen molar-refractivity contribution in [1.29, 1.82) is 0 Å². The van der Waals surface area contributed by atoms with E-state index in [1.807, 2.05) is 0 Å². The summed E-state index contributed by atoms with van der Waals surface area (Å²) in [6.07, 6.45) is 0. The average molecular weight is 186 g/mol. The van der Waals surface area contributed by atoms with Crippen LogP contribution in [0.3, 0.4) is 0 Å². The Bertz CT molecular complexity index is 136. The first kappa shape index (κ1) is 10.0. The second kappa shape index (κ2) is 3.42. The largest absolute Gasteiger partial charge is 0.478 e. The van der Waals surface area contributed by atoms with Crippen molar-refractivity contribution in [3.05, 3.63) is 0 Å². The lowest BCUT2D eigenvalue weighted by Crippen LogP contribution is -2.45. The Labute approximate surface area is 69.3 Å². The van der Waals surface area contributed by atoms with Crippen molar-refractivity contribution >= 4 is 29.2 Å². The number of hydrogen-bond donors (Lipinski definition) is 2. The lowest BCUT2D eigenvalue weighted by molar-refractivity contribution is -0.138. The van der Waals surface area contributed by atoms with Crippen LogP contribution in [0.5, 0.6) is 0 Å². The Morgan fingerprint density at radius 1 is 1.60 bits per heavy atom. The third kappa shape index (κ3) is 3.25. The Morgan fingerprint density at radius 3 is 2.10 bits per heavy atom. The molecule has 0 aliphatic carbocycles. The fourth-order valence-corrected chi connectivity index (χ4v) is 0.861. The standard InChI is InChI=1S/C5H9Cl2NO2/c1-3(2)8-5(6,7)4(9)10/h3,8H,1-2H3,(H,9,10). The summed E-state index contributed by atoms with van der Waals surface area (Å²) in [5.74, 6) is -1.29. The maximum absolute atomic E-state index is 10.2. The van der Waals surface area contributed by atoms with Gasteiger partial charge in [-0.1, -0.05) is 23.2 Å². The first-order chi connectivity index (χ1) is 4.36. The van der Waals surface area contributed by atoms with Crippen molar-refractivity contribution in [3.63, 3.8) is 0 Å². The maximum atomic E-state index is 10.2. The van der Waals surface area contributed by atoms with Gasteiger partial charge in [-0.2, -0.15) is 0 Å². The summed E-state index contributed by atoms with van der Waals surface area (Å²) in [6, 6.07) is -0.0638. The van der Waals surface area contributed by atoms with Gasteiger partial charge in [0.2, 0.25) is 0 Å². The quantitative estimate of drug-likeness (QED) is 0.514. The van der Waals surface area contributed by atoms with Crippen LogP contribution >= 0.6 is 23.2 Å². The molecule has 0 spiro atoms. The number of carboxylic acids is 1. The third-order valence-corrected chi connectivity index (χ3v) is 1.28. The summed E-state index contributed by atoms with van der Waals surface area (Å²) in [7, 11) is 0. The molecule has 0 fully saturated rings. The fraction of sp³-hybridized carbons (Fsp3) is 0.800. The second-order valence-electron chi connectivity index (χ2n) is 2.18. The van der Waals surface area contributed by atoms with E-state index < -0.39 is 10.4 Å². The van der Waals surface area contributed by atoms with Gasteiger partial charge in [-0.05, 0) is 13.8 Å². The highest BCUT2D eigenvalue weighted by atomic mass is 35.5. The number of nitrogens with one attached hydrogen (secondary N) is 1. The van der Waals surface area contributed by atoms with Gasteiger partial charge < -0.3 is 5.11 Å². The van der Waals surface area contributed by atoms with Gasteiger partial charge >= 0.3 is 5.97 Å². The van der Waals surface area contributed by atoms with Crippen LogP contribution in [0.1, 0.15) is 13.8 Å². The lowest BCUT2D eigenvalue weighted by atomic mass is 10.4. The minimum absolute atomic E-state index is 0.0638. The summed E-state index contributed by atoms with van der Waals surface area (Å²) in [4.78, 5) is 10.2. The van der Waals surface area contributed by atoms with E-state index in [9.17, 15) is 4.79 Å². The normalized spacial score (nSPS) is 12.1. The number of halogens is 2. The van der Waals surface area contributed by atoms with Crippen LogP contribution in [0.25, 0.3) is 0 Å². The second-order valence-corrected chi connectivity index (χ2v) is 3.51. The topological polar surface area (TPSA) is 49.3 Å². The van der Waals surface area contributed by atoms with Crippen LogP contribution in [0.4, 0.5) is 0 Å². The minimum atomic E-state index is -1.87. The van der Waals surface area contributed by atoms with E-state index in [-0.39, 0.29) is 6.04 Å². The Morgan fingerprint density at radius 2 is 2.00 bits per heavy atom. The molecule has 10 heavy (non-hydrogen) atoms. The number of alkyl halides is 2. The summed E-state index contributed by atoms with van der Waals surface area (Å²) >= 11 is 10.6. The first-order valence-electron chi connectivity index (χ1n) is 2.75. The summed E-state index contributed by atoms with van der Waals surface area (Å²) in [5.41, 5.74) is 0. The van der Waals surface area contributed by atoms with E-state index in [1.165, 1.54) is 0 Å². The number of rotatable bonds is 3. The van der Waals surface area contributed by atoms with Crippen molar-refractivity contribution in [2.75, 3.05) is 0 Å². The van der Waals surface area contributed by atoms with E-state index >= 15 is 0 Å². The number of carboxylic acid groups (broad SMARTS) is 1. The average Bonchev–Trinajstić information content (AvgIpc) is 1.60. The zero-order valence-electron chi connectivity index (χ0n) is 5.69. The van der Waals surface area contributed by atoms with E-state index in [2.05, 4.69) is 5.32 Å². The van der Waals surface area contributed by atoms with Gasteiger partial charge in [-0.15, -0.1) is 0 Å². The molecule has 0 aliphatic rings. The highest BCUT2D eigenvalue weighted by Crippen LogP contribution is 2.17. The van der Waals surface area contributed by atoms with Gasteiger partial charge in [0.15, 0.2) is 0 Å². The molecule has 0 heterocycles. The molecule has 0 aliphatic heterocycles. The molecule has 0 aromatic carbocycles. The molecule has 0 rings (SSSR count). The van der Waals surface area contributed by atoms with Crippen molar-refractivity contribution in [2.45, 2.75) is 24.3 Å². The summed E-state index contributed by atoms with van der Waals surface area (Å²) in [6.45, 7) is 3.50. The molecular formula is C5H9Cl2NO2. The summed E-state index contributed by atoms with van der Waals surface area (Å²) in [5, 5.41) is 10.8. The van der Waals surface area contributed by atoms with Gasteiger partial charge in [0.25, 0.3) is 4.46 Å². The van der Waals surface area contributed by atoms with Gasteiger partial charge in [-0.3, -0.25) is 5.32 Å². The molecule has 3 nitrogen and oxygen atoms in total. The number of aliphatic carboxylic acids is 1. The predicted molar refractivity (Wildman–Crippen MR) is 40.3 cm³/mol. The van der Waals surface area contributed by atoms with E-state index in [1.54, 1.807) is 13.8 Å². The van der Waals surface area contributed by atoms with Crippen LogP contribution in [0.15, 0.2) is 0 Å². The molecule has 0 saturated carbocycles. The third-order valence-electron chi connectivity index (χ3n) is 0.739. The zero-order chi connectivity index (χ0) is 8.36. The van der Waals surface area contributed by atoms with E-state index in [0.29, 0.717) is 0 Å². The van der Waals surface area contributed by atoms with Crippen LogP contribution < -0.4 is 5.32 Å². The highest BCUT2D eigenvalue weighted by molar-refractivity contribution is 6.56. The molecule has 0 radical (unpaired) electrons. The minimum Gasteiger partial charge on any atom is -0.478 e. The van der Waals surface area contributed by atoms with Crippen LogP contribution in [0, 0.1) is 0 Å². The van der Waals surface area contributed by atoms with Gasteiger partial charge in [0.05, 0.1) is 0 Å².